The van der Waals surface area contributed by atoms with E-state index < -0.39 is 12.5 Å². The second-order valence-electron chi connectivity index (χ2n) is 7.77. The quantitative estimate of drug-likeness (QED) is 0.326. The molecule has 0 fully saturated rings. The number of aliphatic carboxylic acids is 1. The van der Waals surface area contributed by atoms with Crippen molar-refractivity contribution in [2.24, 2.45) is 0 Å². The third kappa shape index (κ3) is 7.49. The number of unbranched alkanes of at least 4 members (excludes halogenated alkanes) is 2. The summed E-state index contributed by atoms with van der Waals surface area (Å²) in [7, 11) is 1.56. The summed E-state index contributed by atoms with van der Waals surface area (Å²) < 4.78 is 25.4. The van der Waals surface area contributed by atoms with E-state index in [1.165, 1.54) is 4.90 Å². The van der Waals surface area contributed by atoms with Gasteiger partial charge in [-0.2, -0.15) is 0 Å². The first-order chi connectivity index (χ1) is 17.0. The molecule has 0 aliphatic carbocycles. The van der Waals surface area contributed by atoms with Crippen LogP contribution in [0.25, 0.3) is 11.3 Å². The minimum absolute atomic E-state index is 0.143. The largest absolute Gasteiger partial charge is 0.493 e. The van der Waals surface area contributed by atoms with Crippen LogP contribution in [-0.4, -0.2) is 48.8 Å². The van der Waals surface area contributed by atoms with Gasteiger partial charge in [-0.15, -0.1) is 0 Å². The molecule has 0 aliphatic heterocycles. The van der Waals surface area contributed by atoms with Crippen LogP contribution >= 0.6 is 0 Å². The average Bonchev–Trinajstić information content (AvgIpc) is 3.41. The van der Waals surface area contributed by atoms with Crippen molar-refractivity contribution in [1.29, 1.82) is 0 Å². The number of hydrogen-bond acceptors (Lipinski definition) is 5. The Bertz CT molecular complexity index is 1070. The normalized spacial score (nSPS) is 12.1. The number of amides is 1. The smallest absolute Gasteiger partial charge is 0.303 e. The number of furan rings is 1. The first-order valence-electron chi connectivity index (χ1n) is 11.9. The first kappa shape index (κ1) is 23.6. The van der Waals surface area contributed by atoms with Crippen molar-refractivity contribution in [3.05, 3.63) is 78.1 Å². The summed E-state index contributed by atoms with van der Waals surface area (Å²) in [4.78, 5) is 25.5. The van der Waals surface area contributed by atoms with Gasteiger partial charge in [0, 0.05) is 43.3 Å². The number of hydrogen-bond donors (Lipinski definition) is 1. The van der Waals surface area contributed by atoms with Gasteiger partial charge in [-0.05, 0) is 49.6 Å². The van der Waals surface area contributed by atoms with Crippen LogP contribution in [0.4, 0.5) is 0 Å². The van der Waals surface area contributed by atoms with Crippen molar-refractivity contribution in [2.75, 3.05) is 26.9 Å². The second-order valence-corrected chi connectivity index (χ2v) is 7.77. The van der Waals surface area contributed by atoms with Crippen LogP contribution in [0.5, 0.6) is 5.75 Å². The van der Waals surface area contributed by atoms with Crippen LogP contribution in [0.15, 0.2) is 71.3 Å². The van der Waals surface area contributed by atoms with E-state index in [-0.39, 0.29) is 25.5 Å². The third-order valence-electron chi connectivity index (χ3n) is 5.24. The van der Waals surface area contributed by atoms with Gasteiger partial charge in [0.05, 0.1) is 20.8 Å². The molecule has 34 heavy (non-hydrogen) atoms. The topological polar surface area (TPSA) is 89.2 Å². The zero-order valence-corrected chi connectivity index (χ0v) is 19.3. The predicted molar refractivity (Wildman–Crippen MR) is 129 cm³/mol. The number of rotatable bonds is 14. The molecular weight excluding hydrogens is 434 g/mol. The van der Waals surface area contributed by atoms with Crippen LogP contribution < -0.4 is 4.74 Å². The molecular formula is C27H31NO6. The minimum Gasteiger partial charge on any atom is -0.493 e. The maximum Gasteiger partial charge on any atom is 0.303 e. The summed E-state index contributed by atoms with van der Waals surface area (Å²) in [5.74, 6) is 0.169. The van der Waals surface area contributed by atoms with E-state index in [2.05, 4.69) is 0 Å². The number of para-hydroxylation sites is 1. The number of carboxylic acid groups (broad SMARTS) is 1. The van der Waals surface area contributed by atoms with Crippen molar-refractivity contribution in [2.45, 2.75) is 32.2 Å². The van der Waals surface area contributed by atoms with Gasteiger partial charge in [0.25, 0.3) is 5.91 Å². The SMILES string of the molecule is [2H]C(c1ccccc1OCCCCCC(=O)O)N(CCOC)C(=O)c1ccc(-c2ccco2)cc1. The molecule has 1 heterocycles. The Morgan fingerprint density at radius 1 is 1.00 bits per heavy atom. The van der Waals surface area contributed by atoms with Crippen LogP contribution in [0.3, 0.4) is 0 Å². The second kappa shape index (κ2) is 13.2. The highest BCUT2D eigenvalue weighted by Crippen LogP contribution is 2.23. The van der Waals surface area contributed by atoms with Crippen LogP contribution in [0, 0.1) is 0 Å². The molecule has 0 spiro atoms. The van der Waals surface area contributed by atoms with E-state index in [0.717, 1.165) is 12.0 Å². The summed E-state index contributed by atoms with van der Waals surface area (Å²) in [5, 5.41) is 8.75. The van der Waals surface area contributed by atoms with Gasteiger partial charge in [0.15, 0.2) is 0 Å². The summed E-state index contributed by atoms with van der Waals surface area (Å²) in [6, 6.07) is 18.0. The predicted octanol–water partition coefficient (Wildman–Crippen LogP) is 5.26. The summed E-state index contributed by atoms with van der Waals surface area (Å²) in [6.07, 6.45) is 3.79. The van der Waals surface area contributed by atoms with E-state index in [1.54, 1.807) is 43.7 Å². The lowest BCUT2D eigenvalue weighted by Crippen LogP contribution is -2.33. The molecule has 1 aromatic heterocycles. The Labute approximate surface area is 201 Å². The number of carboxylic acids is 1. The molecule has 1 atom stereocenters. The maximum absolute atomic E-state index is 13.4. The highest BCUT2D eigenvalue weighted by molar-refractivity contribution is 5.94. The average molecular weight is 467 g/mol. The van der Waals surface area contributed by atoms with Gasteiger partial charge in [0.1, 0.15) is 11.5 Å². The molecule has 0 radical (unpaired) electrons. The number of methoxy groups -OCH3 is 1. The van der Waals surface area contributed by atoms with Crippen molar-refractivity contribution in [3.8, 4) is 17.1 Å². The van der Waals surface area contributed by atoms with E-state index in [0.29, 0.717) is 42.1 Å². The molecule has 7 heteroatoms. The Kier molecular flexibility index (Phi) is 9.16. The van der Waals surface area contributed by atoms with Gasteiger partial charge < -0.3 is 23.9 Å². The van der Waals surface area contributed by atoms with Crippen molar-refractivity contribution >= 4 is 11.9 Å². The highest BCUT2D eigenvalue weighted by atomic mass is 16.5. The number of nitrogens with zero attached hydrogens (tertiary/aromatic N) is 1. The molecule has 1 N–H and O–H groups in total. The lowest BCUT2D eigenvalue weighted by molar-refractivity contribution is -0.137. The Balaban J connectivity index is 1.72. The summed E-state index contributed by atoms with van der Waals surface area (Å²) in [5.41, 5.74) is 1.90. The molecule has 0 saturated heterocycles. The maximum atomic E-state index is 13.4. The molecule has 0 aliphatic rings. The van der Waals surface area contributed by atoms with E-state index in [9.17, 15) is 9.59 Å². The van der Waals surface area contributed by atoms with Gasteiger partial charge in [0.2, 0.25) is 0 Å². The van der Waals surface area contributed by atoms with Crippen LogP contribution in [0.1, 0.15) is 43.0 Å². The number of ether oxygens (including phenoxy) is 2. The Morgan fingerprint density at radius 2 is 1.79 bits per heavy atom. The summed E-state index contributed by atoms with van der Waals surface area (Å²) in [6.45, 7) is -0.0555. The fraction of sp³-hybridized carbons (Fsp3) is 0.333. The molecule has 0 bridgehead atoms. The van der Waals surface area contributed by atoms with Crippen molar-refractivity contribution < 1.29 is 30.0 Å². The molecule has 7 nitrogen and oxygen atoms in total. The van der Waals surface area contributed by atoms with E-state index in [4.69, 9.17) is 20.4 Å². The zero-order valence-electron chi connectivity index (χ0n) is 20.3. The molecule has 180 valence electrons. The first-order valence-corrected chi connectivity index (χ1v) is 11.3. The number of benzene rings is 2. The van der Waals surface area contributed by atoms with Crippen molar-refractivity contribution in [1.82, 2.24) is 4.90 Å². The van der Waals surface area contributed by atoms with Gasteiger partial charge in [-0.25, -0.2) is 0 Å². The zero-order chi connectivity index (χ0) is 25.0. The highest BCUT2D eigenvalue weighted by Gasteiger charge is 2.18. The van der Waals surface area contributed by atoms with E-state index >= 15 is 0 Å². The lowest BCUT2D eigenvalue weighted by atomic mass is 10.1. The number of carbonyl (C=O) groups excluding carboxylic acids is 1. The molecule has 0 saturated carbocycles. The number of carbonyl (C=O) groups is 2. The molecule has 2 aromatic carbocycles. The molecule has 3 aromatic rings. The monoisotopic (exact) mass is 466 g/mol. The fourth-order valence-corrected chi connectivity index (χ4v) is 3.42. The summed E-state index contributed by atoms with van der Waals surface area (Å²) >= 11 is 0. The third-order valence-corrected chi connectivity index (χ3v) is 5.24. The molecule has 1 amide bonds. The fourth-order valence-electron chi connectivity index (χ4n) is 3.42. The van der Waals surface area contributed by atoms with Gasteiger partial charge >= 0.3 is 5.97 Å². The lowest BCUT2D eigenvalue weighted by Gasteiger charge is -2.24. The standard InChI is InChI=1S/C27H31NO6/c1-32-19-16-28(27(31)22-14-12-21(13-15-22)24-10-7-18-34-24)20-23-8-4-5-9-25(23)33-17-6-2-3-11-26(29)30/h4-5,7-10,12-15,18H,2-3,6,11,16-17,19-20H2,1H3,(H,29,30)/i20D. The van der Waals surface area contributed by atoms with Crippen LogP contribution in [0.2, 0.25) is 0 Å². The van der Waals surface area contributed by atoms with Gasteiger partial charge in [-0.3, -0.25) is 9.59 Å². The van der Waals surface area contributed by atoms with E-state index in [1.807, 2.05) is 30.3 Å². The van der Waals surface area contributed by atoms with Crippen LogP contribution in [-0.2, 0) is 16.1 Å². The van der Waals surface area contributed by atoms with Gasteiger partial charge in [-0.1, -0.05) is 30.3 Å². The molecule has 3 rings (SSSR count). The molecule has 1 unspecified atom stereocenters. The minimum atomic E-state index is -0.995. The Morgan fingerprint density at radius 3 is 2.50 bits per heavy atom. The van der Waals surface area contributed by atoms with Crippen molar-refractivity contribution in [3.63, 3.8) is 0 Å². The Hall–Kier alpha value is -3.58.